The average Bonchev–Trinajstić information content (AvgIpc) is 2.93. The van der Waals surface area contributed by atoms with E-state index in [0.29, 0.717) is 50.1 Å². The molecule has 1 aromatic rings. The molecule has 41 heavy (non-hydrogen) atoms. The molecule has 226 valence electrons. The van der Waals surface area contributed by atoms with E-state index in [1.165, 1.54) is 31.2 Å². The Hall–Kier alpha value is -3.28. The Morgan fingerprint density at radius 3 is 2.22 bits per heavy atom. The number of primary amides is 1. The van der Waals surface area contributed by atoms with Crippen LogP contribution in [0.4, 0.5) is 5.69 Å². The van der Waals surface area contributed by atoms with Crippen molar-refractivity contribution in [1.82, 2.24) is 25.3 Å². The van der Waals surface area contributed by atoms with Gasteiger partial charge < -0.3 is 36.8 Å². The van der Waals surface area contributed by atoms with Crippen molar-refractivity contribution in [2.45, 2.75) is 63.6 Å². The number of aliphatic imine (C=N–C) groups is 1. The molecule has 1 saturated heterocycles. The van der Waals surface area contributed by atoms with E-state index >= 15 is 0 Å². The molecule has 1 heterocycles. The van der Waals surface area contributed by atoms with Crippen molar-refractivity contribution in [1.29, 1.82) is 0 Å². The molecule has 11 nitrogen and oxygen atoms in total. The van der Waals surface area contributed by atoms with Gasteiger partial charge in [-0.15, -0.1) is 0 Å². The van der Waals surface area contributed by atoms with Gasteiger partial charge in [0.25, 0.3) is 0 Å². The molecule has 3 amide bonds. The summed E-state index contributed by atoms with van der Waals surface area (Å²) in [6.45, 7) is 7.45. The molecular formula is C30H48N8O3. The summed E-state index contributed by atoms with van der Waals surface area (Å²) in [6, 6.07) is 9.55. The van der Waals surface area contributed by atoms with E-state index in [4.69, 9.17) is 15.5 Å². The van der Waals surface area contributed by atoms with E-state index in [9.17, 15) is 9.59 Å². The number of carbonyl (C=O) groups excluding carboxylic acids is 3. The highest BCUT2D eigenvalue weighted by atomic mass is 16.2. The Balaban J connectivity index is 0.00000147. The number of piperazine rings is 1. The largest absolute Gasteiger partial charge is 0.372 e. The van der Waals surface area contributed by atoms with Crippen LogP contribution in [0.25, 0.3) is 0 Å². The average molecular weight is 569 g/mol. The molecule has 0 aromatic heterocycles. The fourth-order valence-electron chi connectivity index (χ4n) is 6.01. The molecule has 6 N–H and O–H groups in total. The van der Waals surface area contributed by atoms with Crippen LogP contribution in [-0.2, 0) is 20.8 Å². The maximum atomic E-state index is 12.8. The van der Waals surface area contributed by atoms with Gasteiger partial charge in [0.2, 0.25) is 18.7 Å². The summed E-state index contributed by atoms with van der Waals surface area (Å²) in [5.41, 5.74) is 12.3. The number of rotatable bonds is 10. The zero-order valence-electron chi connectivity index (χ0n) is 25.0. The highest BCUT2D eigenvalue weighted by Gasteiger charge is 2.52. The van der Waals surface area contributed by atoms with E-state index in [2.05, 4.69) is 57.5 Å². The summed E-state index contributed by atoms with van der Waals surface area (Å²) < 4.78 is 0. The Kier molecular flexibility index (Phi) is 11.5. The normalized spacial score (nSPS) is 24.4. The van der Waals surface area contributed by atoms with Crippen LogP contribution in [0.1, 0.15) is 45.1 Å². The van der Waals surface area contributed by atoms with Gasteiger partial charge in [0, 0.05) is 51.0 Å². The van der Waals surface area contributed by atoms with Crippen molar-refractivity contribution in [2.75, 3.05) is 46.8 Å². The number of amidine groups is 1. The van der Waals surface area contributed by atoms with Crippen molar-refractivity contribution >= 4 is 30.3 Å². The molecule has 3 aliphatic rings. The summed E-state index contributed by atoms with van der Waals surface area (Å²) in [5.74, 6) is 0.864. The second-order valence-corrected chi connectivity index (χ2v) is 12.0. The molecule has 0 unspecified atom stereocenters. The van der Waals surface area contributed by atoms with E-state index in [0.717, 1.165) is 24.5 Å². The molecule has 1 spiro atoms. The van der Waals surface area contributed by atoms with E-state index in [1.807, 2.05) is 31.9 Å². The summed E-state index contributed by atoms with van der Waals surface area (Å²) in [6.07, 6.45) is 10.3. The predicted octanol–water partition coefficient (Wildman–Crippen LogP) is 0.964. The Bertz CT molecular complexity index is 1070. The lowest BCUT2D eigenvalue weighted by atomic mass is 9.52. The first-order valence-corrected chi connectivity index (χ1v) is 14.4. The number of hydrogen-bond donors (Lipinski definition) is 4. The molecule has 0 atom stereocenters. The minimum absolute atomic E-state index is 0.0987. The molecule has 1 aliphatic heterocycles. The summed E-state index contributed by atoms with van der Waals surface area (Å²) in [5, 5.41) is 5.67. The number of likely N-dealkylation sites (N-methyl/N-ethyl adjacent to an activating group) is 2. The van der Waals surface area contributed by atoms with Crippen molar-refractivity contribution in [3.63, 3.8) is 0 Å². The SMILES string of the molecule is CNC(C)(C)C(=O)N1CCN(C(/C=C\NC=O)=Nc2ccc(CCN(C)C3CC4(CC(N)C4)C3)cc2)CC1.NC=O. The third kappa shape index (κ3) is 8.61. The van der Waals surface area contributed by atoms with Crippen LogP contribution < -0.4 is 22.1 Å². The van der Waals surface area contributed by atoms with Crippen LogP contribution in [0.15, 0.2) is 41.5 Å². The minimum atomic E-state index is -0.589. The van der Waals surface area contributed by atoms with Gasteiger partial charge in [-0.05, 0) is 89.2 Å². The molecule has 0 radical (unpaired) electrons. The van der Waals surface area contributed by atoms with E-state index in [-0.39, 0.29) is 12.3 Å². The van der Waals surface area contributed by atoms with Crippen molar-refractivity contribution in [2.24, 2.45) is 21.9 Å². The van der Waals surface area contributed by atoms with Crippen LogP contribution in [0.3, 0.4) is 0 Å². The second kappa shape index (κ2) is 14.6. The monoisotopic (exact) mass is 568 g/mol. The number of hydrogen-bond acceptors (Lipinski definition) is 7. The lowest BCUT2D eigenvalue weighted by molar-refractivity contribution is -0.138. The number of nitrogens with one attached hydrogen (secondary N) is 2. The number of nitrogens with zero attached hydrogens (tertiary/aromatic N) is 4. The van der Waals surface area contributed by atoms with Gasteiger partial charge in [0.05, 0.1) is 11.2 Å². The highest BCUT2D eigenvalue weighted by Crippen LogP contribution is 2.56. The first-order valence-electron chi connectivity index (χ1n) is 14.4. The van der Waals surface area contributed by atoms with Gasteiger partial charge in [0.15, 0.2) is 0 Å². The molecule has 4 rings (SSSR count). The predicted molar refractivity (Wildman–Crippen MR) is 162 cm³/mol. The lowest BCUT2D eigenvalue weighted by Crippen LogP contribution is -2.59. The van der Waals surface area contributed by atoms with Crippen LogP contribution in [0.2, 0.25) is 0 Å². The Morgan fingerprint density at radius 1 is 1.10 bits per heavy atom. The fourth-order valence-corrected chi connectivity index (χ4v) is 6.01. The van der Waals surface area contributed by atoms with Gasteiger partial charge >= 0.3 is 0 Å². The van der Waals surface area contributed by atoms with E-state index < -0.39 is 5.54 Å². The molecule has 2 saturated carbocycles. The number of benzene rings is 1. The third-order valence-electron chi connectivity index (χ3n) is 8.73. The zero-order valence-corrected chi connectivity index (χ0v) is 25.0. The summed E-state index contributed by atoms with van der Waals surface area (Å²) >= 11 is 0. The molecule has 0 bridgehead atoms. The minimum Gasteiger partial charge on any atom is -0.372 e. The summed E-state index contributed by atoms with van der Waals surface area (Å²) in [4.78, 5) is 43.6. The number of amides is 3. The first-order chi connectivity index (χ1) is 19.6. The van der Waals surface area contributed by atoms with Crippen molar-refractivity contribution in [3.05, 3.63) is 42.1 Å². The molecule has 2 aliphatic carbocycles. The van der Waals surface area contributed by atoms with Gasteiger partial charge in [0.1, 0.15) is 5.84 Å². The van der Waals surface area contributed by atoms with Crippen LogP contribution in [0, 0.1) is 5.41 Å². The van der Waals surface area contributed by atoms with Crippen LogP contribution in [0.5, 0.6) is 0 Å². The van der Waals surface area contributed by atoms with Crippen molar-refractivity contribution < 1.29 is 14.4 Å². The maximum absolute atomic E-state index is 12.8. The van der Waals surface area contributed by atoms with Gasteiger partial charge in [-0.1, -0.05) is 12.1 Å². The van der Waals surface area contributed by atoms with Gasteiger partial charge in [-0.2, -0.15) is 0 Å². The lowest BCUT2D eigenvalue weighted by Gasteiger charge is -2.59. The number of nitrogens with two attached hydrogens (primary N) is 2. The zero-order chi connectivity index (χ0) is 30.0. The Morgan fingerprint density at radius 2 is 1.68 bits per heavy atom. The van der Waals surface area contributed by atoms with Gasteiger partial charge in [-0.3, -0.25) is 14.4 Å². The highest BCUT2D eigenvalue weighted by molar-refractivity contribution is 5.95. The molecule has 3 fully saturated rings. The topological polar surface area (TPSA) is 149 Å². The van der Waals surface area contributed by atoms with Crippen LogP contribution in [-0.4, -0.2) is 104 Å². The smallest absolute Gasteiger partial charge is 0.242 e. The third-order valence-corrected chi connectivity index (χ3v) is 8.73. The quantitative estimate of drug-likeness (QED) is 0.187. The second-order valence-electron chi connectivity index (χ2n) is 12.0. The molecular weight excluding hydrogens is 520 g/mol. The van der Waals surface area contributed by atoms with E-state index in [1.54, 1.807) is 6.20 Å². The van der Waals surface area contributed by atoms with Gasteiger partial charge in [-0.25, -0.2) is 4.99 Å². The Labute approximate surface area is 244 Å². The van der Waals surface area contributed by atoms with Crippen molar-refractivity contribution in [3.8, 4) is 0 Å². The first kappa shape index (κ1) is 32.2. The molecule has 1 aromatic carbocycles. The number of carbonyl (C=O) groups is 3. The summed E-state index contributed by atoms with van der Waals surface area (Å²) in [7, 11) is 4.05. The molecule has 11 heteroatoms. The maximum Gasteiger partial charge on any atom is 0.242 e. The van der Waals surface area contributed by atoms with Crippen LogP contribution >= 0.6 is 0 Å². The fraction of sp³-hybridized carbons (Fsp3) is 0.600. The standard InChI is InChI=1S/C29H45N7O2.CH3NO/c1-28(2,31-3)27(38)36-15-13-35(14-16-36)26(9-11-32-21-37)33-24-7-5-22(6-8-24)10-12-34(4)25-19-29(20-25)17-23(30)18-29;2-1-3/h5-9,11,21,23,25,31H,10,12-20,30H2,1-4H3,(H,32,37);1H,(H2,2,3)/b11-9-,33-26?;.